The second kappa shape index (κ2) is 8.53. The minimum atomic E-state index is -0.745. The van der Waals surface area contributed by atoms with Gasteiger partial charge in [-0.05, 0) is 13.3 Å². The van der Waals surface area contributed by atoms with Crippen molar-refractivity contribution in [2.45, 2.75) is 52.1 Å². The summed E-state index contributed by atoms with van der Waals surface area (Å²) >= 11 is 0. The normalized spacial score (nSPS) is 24.4. The molecule has 4 nitrogen and oxygen atoms in total. The monoisotopic (exact) mass is 231 g/mol. The summed E-state index contributed by atoms with van der Waals surface area (Å²) in [6.07, 6.45) is 3.95. The van der Waals surface area contributed by atoms with E-state index in [1.165, 1.54) is 19.3 Å². The number of ether oxygens (including phenoxy) is 1. The van der Waals surface area contributed by atoms with Gasteiger partial charge in [0.25, 0.3) is 0 Å². The highest BCUT2D eigenvalue weighted by Gasteiger charge is 2.26. The maximum absolute atomic E-state index is 9.37. The van der Waals surface area contributed by atoms with Crippen molar-refractivity contribution in [3.8, 4) is 0 Å². The van der Waals surface area contributed by atoms with E-state index < -0.39 is 5.97 Å². The lowest BCUT2D eigenvalue weighted by atomic mass is 9.98. The molecule has 0 aromatic rings. The number of nitrogens with one attached hydrogen (secondary N) is 1. The molecule has 1 rings (SSSR count). The van der Waals surface area contributed by atoms with E-state index in [0.717, 1.165) is 19.7 Å². The fourth-order valence-electron chi connectivity index (χ4n) is 1.48. The van der Waals surface area contributed by atoms with Crippen LogP contribution in [0.3, 0.4) is 0 Å². The molecule has 1 aliphatic heterocycles. The van der Waals surface area contributed by atoms with Gasteiger partial charge in [0.2, 0.25) is 0 Å². The third-order valence-electron chi connectivity index (χ3n) is 2.59. The van der Waals surface area contributed by atoms with Crippen LogP contribution in [0, 0.1) is 0 Å². The van der Waals surface area contributed by atoms with Gasteiger partial charge in [-0.25, -0.2) is 0 Å². The van der Waals surface area contributed by atoms with E-state index in [-0.39, 0.29) is 12.0 Å². The van der Waals surface area contributed by atoms with E-state index >= 15 is 0 Å². The van der Waals surface area contributed by atoms with E-state index in [2.05, 4.69) is 19.2 Å². The standard InChI is InChI=1S/C9H19NO.C3H6O2/c1-3-4-5-9(2)8-10-6-7-11-9;1-2-3(4)5/h10H,3-8H2,1-2H3;2H2,1H3,(H,4,5). The number of carboxylic acid groups (broad SMARTS) is 1. The SMILES string of the molecule is CCC(=O)O.CCCCC1(C)CNCCO1. The zero-order chi connectivity index (χ0) is 12.4. The number of carbonyl (C=O) groups is 1. The molecule has 2 N–H and O–H groups in total. The quantitative estimate of drug-likeness (QED) is 0.777. The minimum Gasteiger partial charge on any atom is -0.481 e. The van der Waals surface area contributed by atoms with Gasteiger partial charge in [0.15, 0.2) is 0 Å². The molecule has 1 heterocycles. The maximum Gasteiger partial charge on any atom is 0.303 e. The molecule has 0 aromatic heterocycles. The molecule has 0 aromatic carbocycles. The summed E-state index contributed by atoms with van der Waals surface area (Å²) in [5, 5.41) is 11.1. The van der Waals surface area contributed by atoms with Crippen LogP contribution in [0.25, 0.3) is 0 Å². The number of hydrogen-bond acceptors (Lipinski definition) is 3. The van der Waals surface area contributed by atoms with Crippen LogP contribution in [-0.2, 0) is 9.53 Å². The number of morpholine rings is 1. The summed E-state index contributed by atoms with van der Waals surface area (Å²) < 4.78 is 5.70. The van der Waals surface area contributed by atoms with E-state index in [9.17, 15) is 4.79 Å². The summed E-state index contributed by atoms with van der Waals surface area (Å²) in [7, 11) is 0. The topological polar surface area (TPSA) is 58.6 Å². The molecule has 1 aliphatic rings. The summed E-state index contributed by atoms with van der Waals surface area (Å²) in [5.74, 6) is -0.745. The summed E-state index contributed by atoms with van der Waals surface area (Å²) in [6, 6.07) is 0. The van der Waals surface area contributed by atoms with Crippen molar-refractivity contribution in [3.05, 3.63) is 0 Å². The Morgan fingerprint density at radius 1 is 1.50 bits per heavy atom. The largest absolute Gasteiger partial charge is 0.481 e. The average Bonchev–Trinajstić information content (AvgIpc) is 2.28. The van der Waals surface area contributed by atoms with Crippen LogP contribution in [0.5, 0.6) is 0 Å². The van der Waals surface area contributed by atoms with Crippen molar-refractivity contribution in [3.63, 3.8) is 0 Å². The van der Waals surface area contributed by atoms with Crippen molar-refractivity contribution in [2.24, 2.45) is 0 Å². The highest BCUT2D eigenvalue weighted by Crippen LogP contribution is 2.19. The van der Waals surface area contributed by atoms with Gasteiger partial charge in [0.05, 0.1) is 12.2 Å². The molecule has 1 saturated heterocycles. The zero-order valence-corrected chi connectivity index (χ0v) is 10.7. The van der Waals surface area contributed by atoms with Gasteiger partial charge in [0, 0.05) is 19.5 Å². The summed E-state index contributed by atoms with van der Waals surface area (Å²) in [4.78, 5) is 9.37. The first kappa shape index (κ1) is 15.4. The van der Waals surface area contributed by atoms with Crippen molar-refractivity contribution >= 4 is 5.97 Å². The van der Waals surface area contributed by atoms with Gasteiger partial charge in [-0.15, -0.1) is 0 Å². The molecule has 0 spiro atoms. The fourth-order valence-corrected chi connectivity index (χ4v) is 1.48. The Balaban J connectivity index is 0.000000385. The molecule has 0 bridgehead atoms. The minimum absolute atomic E-state index is 0.119. The van der Waals surface area contributed by atoms with Crippen molar-refractivity contribution in [1.82, 2.24) is 5.32 Å². The zero-order valence-electron chi connectivity index (χ0n) is 10.7. The van der Waals surface area contributed by atoms with Crippen LogP contribution < -0.4 is 5.32 Å². The second-order valence-corrected chi connectivity index (χ2v) is 4.33. The average molecular weight is 231 g/mol. The smallest absolute Gasteiger partial charge is 0.303 e. The van der Waals surface area contributed by atoms with E-state index in [1.807, 2.05) is 0 Å². The van der Waals surface area contributed by atoms with Gasteiger partial charge >= 0.3 is 5.97 Å². The van der Waals surface area contributed by atoms with Crippen molar-refractivity contribution in [1.29, 1.82) is 0 Å². The molecule has 0 aliphatic carbocycles. The van der Waals surface area contributed by atoms with Crippen LogP contribution in [0.1, 0.15) is 46.5 Å². The highest BCUT2D eigenvalue weighted by molar-refractivity contribution is 5.66. The van der Waals surface area contributed by atoms with Gasteiger partial charge in [-0.1, -0.05) is 26.7 Å². The molecule has 0 saturated carbocycles. The third kappa shape index (κ3) is 7.65. The van der Waals surface area contributed by atoms with Crippen LogP contribution in [0.15, 0.2) is 0 Å². The first-order valence-electron chi connectivity index (χ1n) is 6.10. The first-order chi connectivity index (χ1) is 7.54. The van der Waals surface area contributed by atoms with Gasteiger partial charge < -0.3 is 15.2 Å². The predicted molar refractivity (Wildman–Crippen MR) is 64.7 cm³/mol. The Morgan fingerprint density at radius 2 is 2.12 bits per heavy atom. The Kier molecular flexibility index (Phi) is 8.21. The molecule has 96 valence electrons. The lowest BCUT2D eigenvalue weighted by Crippen LogP contribution is -2.47. The summed E-state index contributed by atoms with van der Waals surface area (Å²) in [5.41, 5.74) is 0.119. The van der Waals surface area contributed by atoms with E-state index in [4.69, 9.17) is 9.84 Å². The number of rotatable bonds is 4. The molecule has 1 atom stereocenters. The third-order valence-corrected chi connectivity index (χ3v) is 2.59. The molecule has 4 heteroatoms. The molecule has 0 amide bonds. The van der Waals surface area contributed by atoms with Gasteiger partial charge in [0.1, 0.15) is 0 Å². The van der Waals surface area contributed by atoms with Crippen LogP contribution in [0.4, 0.5) is 0 Å². The number of hydrogen-bond donors (Lipinski definition) is 2. The van der Waals surface area contributed by atoms with E-state index in [0.29, 0.717) is 0 Å². The van der Waals surface area contributed by atoms with Crippen LogP contribution >= 0.6 is 0 Å². The molecular formula is C12H25NO3. The van der Waals surface area contributed by atoms with E-state index in [1.54, 1.807) is 6.92 Å². The molecule has 1 unspecified atom stereocenters. The lowest BCUT2D eigenvalue weighted by Gasteiger charge is -2.34. The van der Waals surface area contributed by atoms with Gasteiger partial charge in [-0.2, -0.15) is 0 Å². The number of aliphatic carboxylic acids is 1. The number of unbranched alkanes of at least 4 members (excludes halogenated alkanes) is 1. The van der Waals surface area contributed by atoms with Crippen LogP contribution in [-0.4, -0.2) is 36.4 Å². The molecule has 16 heavy (non-hydrogen) atoms. The molecule has 1 fully saturated rings. The fraction of sp³-hybridized carbons (Fsp3) is 0.917. The van der Waals surface area contributed by atoms with Crippen LogP contribution in [0.2, 0.25) is 0 Å². The second-order valence-electron chi connectivity index (χ2n) is 4.33. The van der Waals surface area contributed by atoms with Crippen molar-refractivity contribution < 1.29 is 14.6 Å². The molecule has 0 radical (unpaired) electrons. The Morgan fingerprint density at radius 3 is 2.50 bits per heavy atom. The maximum atomic E-state index is 9.37. The van der Waals surface area contributed by atoms with Crippen molar-refractivity contribution in [2.75, 3.05) is 19.7 Å². The predicted octanol–water partition coefficient (Wildman–Crippen LogP) is 2.04. The Hall–Kier alpha value is -0.610. The highest BCUT2D eigenvalue weighted by atomic mass is 16.5. The number of carboxylic acids is 1. The lowest BCUT2D eigenvalue weighted by molar-refractivity contribution is -0.136. The first-order valence-corrected chi connectivity index (χ1v) is 6.10. The van der Waals surface area contributed by atoms with Gasteiger partial charge in [-0.3, -0.25) is 4.79 Å². The Labute approximate surface area is 98.4 Å². The Bertz CT molecular complexity index is 189. The molecular weight excluding hydrogens is 206 g/mol. The summed E-state index contributed by atoms with van der Waals surface area (Å²) in [6.45, 7) is 8.94.